The van der Waals surface area contributed by atoms with Crippen molar-refractivity contribution in [2.75, 3.05) is 5.73 Å². The number of amides is 1. The molecule has 1 aromatic heterocycles. The van der Waals surface area contributed by atoms with Gasteiger partial charge in [0.15, 0.2) is 5.82 Å². The molecule has 1 heterocycles. The van der Waals surface area contributed by atoms with Crippen LogP contribution in [0.2, 0.25) is 0 Å². The Morgan fingerprint density at radius 1 is 1.30 bits per heavy atom. The maximum atomic E-state index is 11.3. The molecule has 4 N–H and O–H groups in total. The van der Waals surface area contributed by atoms with Crippen molar-refractivity contribution in [3.8, 4) is 5.69 Å². The highest BCUT2D eigenvalue weighted by Crippen LogP contribution is 2.41. The summed E-state index contributed by atoms with van der Waals surface area (Å²) in [6.45, 7) is 4.10. The molecule has 0 bridgehead atoms. The van der Waals surface area contributed by atoms with Gasteiger partial charge in [-0.1, -0.05) is 12.1 Å². The second kappa shape index (κ2) is 4.37. The SMILES string of the molecule is Cc1cc(C2CC2)cc(C)c1-n1cc(C(N)=O)c(N)n1. The Morgan fingerprint density at radius 2 is 1.90 bits per heavy atom. The topological polar surface area (TPSA) is 86.9 Å². The number of nitrogens with two attached hydrogens (primary N) is 2. The number of aryl methyl sites for hydroxylation is 2. The lowest BCUT2D eigenvalue weighted by atomic mass is 10.0. The number of benzene rings is 1. The molecule has 1 saturated carbocycles. The fourth-order valence-corrected chi connectivity index (χ4v) is 2.69. The van der Waals surface area contributed by atoms with Crippen LogP contribution >= 0.6 is 0 Å². The molecule has 1 aliphatic rings. The molecule has 1 aromatic carbocycles. The molecule has 0 unspecified atom stereocenters. The quantitative estimate of drug-likeness (QED) is 0.894. The Kier molecular flexibility index (Phi) is 2.78. The lowest BCUT2D eigenvalue weighted by molar-refractivity contribution is 0.100. The first kappa shape index (κ1) is 12.7. The summed E-state index contributed by atoms with van der Waals surface area (Å²) in [5, 5.41) is 4.21. The molecule has 0 saturated heterocycles. The summed E-state index contributed by atoms with van der Waals surface area (Å²) < 4.78 is 1.65. The van der Waals surface area contributed by atoms with Gasteiger partial charge in [0.2, 0.25) is 0 Å². The Labute approximate surface area is 117 Å². The van der Waals surface area contributed by atoms with Crippen LogP contribution in [0.4, 0.5) is 5.82 Å². The van der Waals surface area contributed by atoms with Crippen LogP contribution in [-0.2, 0) is 0 Å². The predicted octanol–water partition coefficient (Wildman–Crippen LogP) is 2.05. The summed E-state index contributed by atoms with van der Waals surface area (Å²) in [4.78, 5) is 11.3. The summed E-state index contributed by atoms with van der Waals surface area (Å²) in [6, 6.07) is 4.39. The van der Waals surface area contributed by atoms with Gasteiger partial charge in [-0.15, -0.1) is 5.10 Å². The van der Waals surface area contributed by atoms with Gasteiger partial charge in [-0.3, -0.25) is 4.79 Å². The van der Waals surface area contributed by atoms with Gasteiger partial charge in [-0.05, 0) is 49.3 Å². The summed E-state index contributed by atoms with van der Waals surface area (Å²) in [5.41, 5.74) is 15.9. The van der Waals surface area contributed by atoms with Crippen molar-refractivity contribution >= 4 is 11.7 Å². The highest BCUT2D eigenvalue weighted by atomic mass is 16.1. The smallest absolute Gasteiger partial charge is 0.254 e. The summed E-state index contributed by atoms with van der Waals surface area (Å²) in [7, 11) is 0. The molecule has 0 atom stereocenters. The van der Waals surface area contributed by atoms with Crippen molar-refractivity contribution < 1.29 is 4.79 Å². The Morgan fingerprint density at radius 3 is 2.35 bits per heavy atom. The largest absolute Gasteiger partial charge is 0.382 e. The fraction of sp³-hybridized carbons (Fsp3) is 0.333. The van der Waals surface area contributed by atoms with Gasteiger partial charge in [0.25, 0.3) is 5.91 Å². The monoisotopic (exact) mass is 270 g/mol. The Balaban J connectivity index is 2.09. The maximum absolute atomic E-state index is 11.3. The second-order valence-corrected chi connectivity index (χ2v) is 5.51. The first-order valence-corrected chi connectivity index (χ1v) is 6.74. The zero-order chi connectivity index (χ0) is 14.4. The molecule has 1 amide bonds. The lowest BCUT2D eigenvalue weighted by Gasteiger charge is -2.12. The number of nitrogen functional groups attached to an aromatic ring is 1. The summed E-state index contributed by atoms with van der Waals surface area (Å²) in [6.07, 6.45) is 4.15. The summed E-state index contributed by atoms with van der Waals surface area (Å²) in [5.74, 6) is 0.326. The normalized spacial score (nSPS) is 14.5. The van der Waals surface area contributed by atoms with Gasteiger partial charge in [-0.2, -0.15) is 0 Å². The van der Waals surface area contributed by atoms with E-state index in [1.807, 2.05) is 0 Å². The first-order chi connectivity index (χ1) is 9.47. The maximum Gasteiger partial charge on any atom is 0.254 e. The number of nitrogens with zero attached hydrogens (tertiary/aromatic N) is 2. The number of carbonyl (C=O) groups excluding carboxylic acids is 1. The van der Waals surface area contributed by atoms with Crippen LogP contribution in [0.5, 0.6) is 0 Å². The van der Waals surface area contributed by atoms with E-state index < -0.39 is 5.91 Å². The number of hydrogen-bond acceptors (Lipinski definition) is 3. The van der Waals surface area contributed by atoms with E-state index in [4.69, 9.17) is 11.5 Å². The fourth-order valence-electron chi connectivity index (χ4n) is 2.69. The van der Waals surface area contributed by atoms with Gasteiger partial charge in [0.05, 0.1) is 5.69 Å². The van der Waals surface area contributed by atoms with Gasteiger partial charge in [0, 0.05) is 6.20 Å². The van der Waals surface area contributed by atoms with E-state index in [0.29, 0.717) is 5.92 Å². The number of hydrogen-bond donors (Lipinski definition) is 2. The van der Waals surface area contributed by atoms with Crippen LogP contribution in [-0.4, -0.2) is 15.7 Å². The highest BCUT2D eigenvalue weighted by molar-refractivity contribution is 5.97. The third kappa shape index (κ3) is 2.05. The third-order valence-electron chi connectivity index (χ3n) is 3.80. The molecule has 0 radical (unpaired) electrons. The van der Waals surface area contributed by atoms with E-state index in [9.17, 15) is 4.79 Å². The van der Waals surface area contributed by atoms with Gasteiger partial charge in [-0.25, -0.2) is 4.68 Å². The van der Waals surface area contributed by atoms with Crippen molar-refractivity contribution in [2.24, 2.45) is 5.73 Å². The zero-order valence-electron chi connectivity index (χ0n) is 11.7. The van der Waals surface area contributed by atoms with Crippen molar-refractivity contribution in [1.82, 2.24) is 9.78 Å². The third-order valence-corrected chi connectivity index (χ3v) is 3.80. The molecule has 20 heavy (non-hydrogen) atoms. The molecular formula is C15H18N4O. The lowest BCUT2D eigenvalue weighted by Crippen LogP contribution is -2.11. The van der Waals surface area contributed by atoms with Crippen LogP contribution in [0.3, 0.4) is 0 Å². The van der Waals surface area contributed by atoms with Gasteiger partial charge >= 0.3 is 0 Å². The van der Waals surface area contributed by atoms with E-state index >= 15 is 0 Å². The first-order valence-electron chi connectivity index (χ1n) is 6.74. The number of anilines is 1. The number of aromatic nitrogens is 2. The molecule has 5 heteroatoms. The van der Waals surface area contributed by atoms with Crippen LogP contribution in [0.15, 0.2) is 18.3 Å². The van der Waals surface area contributed by atoms with Crippen LogP contribution < -0.4 is 11.5 Å². The standard InChI is InChI=1S/C15H18N4O/c1-8-5-11(10-3-4-10)6-9(2)13(8)19-7-12(15(17)20)14(16)18-19/h5-7,10H,3-4H2,1-2H3,(H2,16,18)(H2,17,20). The molecule has 104 valence electrons. The molecule has 1 aliphatic carbocycles. The van der Waals surface area contributed by atoms with Crippen molar-refractivity contribution in [2.45, 2.75) is 32.6 Å². The summed E-state index contributed by atoms with van der Waals surface area (Å²) >= 11 is 0. The van der Waals surface area contributed by atoms with Crippen molar-refractivity contribution in [1.29, 1.82) is 0 Å². The highest BCUT2D eigenvalue weighted by Gasteiger charge is 2.25. The average Bonchev–Trinajstić information content (AvgIpc) is 3.12. The van der Waals surface area contributed by atoms with E-state index in [2.05, 4.69) is 31.1 Å². The van der Waals surface area contributed by atoms with Crippen LogP contribution in [0.1, 0.15) is 45.8 Å². The molecule has 5 nitrogen and oxygen atoms in total. The van der Waals surface area contributed by atoms with E-state index in [0.717, 1.165) is 16.8 Å². The average molecular weight is 270 g/mol. The molecule has 0 aliphatic heterocycles. The minimum Gasteiger partial charge on any atom is -0.382 e. The predicted molar refractivity (Wildman–Crippen MR) is 77.9 cm³/mol. The number of rotatable bonds is 3. The molecular weight excluding hydrogens is 252 g/mol. The molecule has 2 aromatic rings. The van der Waals surface area contributed by atoms with Crippen LogP contribution in [0.25, 0.3) is 5.69 Å². The van der Waals surface area contributed by atoms with Crippen LogP contribution in [0, 0.1) is 13.8 Å². The minimum atomic E-state index is -0.557. The second-order valence-electron chi connectivity index (χ2n) is 5.51. The number of carbonyl (C=O) groups is 1. The van der Waals surface area contributed by atoms with E-state index in [-0.39, 0.29) is 11.4 Å². The number of primary amides is 1. The Bertz CT molecular complexity index is 675. The Hall–Kier alpha value is -2.30. The van der Waals surface area contributed by atoms with Crippen molar-refractivity contribution in [3.63, 3.8) is 0 Å². The minimum absolute atomic E-state index is 0.169. The van der Waals surface area contributed by atoms with Gasteiger partial charge < -0.3 is 11.5 Å². The van der Waals surface area contributed by atoms with Gasteiger partial charge in [0.1, 0.15) is 5.56 Å². The molecule has 0 spiro atoms. The molecule has 3 rings (SSSR count). The zero-order valence-corrected chi connectivity index (χ0v) is 11.7. The van der Waals surface area contributed by atoms with E-state index in [1.54, 1.807) is 10.9 Å². The van der Waals surface area contributed by atoms with Crippen molar-refractivity contribution in [3.05, 3.63) is 40.6 Å². The van der Waals surface area contributed by atoms with E-state index in [1.165, 1.54) is 18.4 Å². The molecule has 1 fully saturated rings.